The van der Waals surface area contributed by atoms with Crippen LogP contribution in [0, 0.1) is 0 Å². The van der Waals surface area contributed by atoms with Crippen LogP contribution in [0.15, 0.2) is 51.7 Å². The van der Waals surface area contributed by atoms with E-state index in [2.05, 4.69) is 26.3 Å². The molecule has 0 aliphatic heterocycles. The predicted octanol–water partition coefficient (Wildman–Crippen LogP) is 2.62. The van der Waals surface area contributed by atoms with Crippen molar-refractivity contribution in [3.05, 3.63) is 68.5 Å². The summed E-state index contributed by atoms with van der Waals surface area (Å²) < 4.78 is 7.67. The Labute approximate surface area is 171 Å². The Morgan fingerprint density at radius 1 is 1.25 bits per heavy atom. The number of halogens is 1. The van der Waals surface area contributed by atoms with Gasteiger partial charge in [-0.2, -0.15) is 5.10 Å². The molecule has 0 unspecified atom stereocenters. The summed E-state index contributed by atoms with van der Waals surface area (Å²) in [5.74, 6) is 0.432. The number of carbonyl (C=O) groups excluding carboxylic acids is 1. The molecule has 7 nitrogen and oxygen atoms in total. The van der Waals surface area contributed by atoms with Crippen LogP contribution >= 0.6 is 15.9 Å². The first kappa shape index (κ1) is 20.0. The minimum Gasteiger partial charge on any atom is -0.496 e. The Morgan fingerprint density at radius 2 is 1.96 bits per heavy atom. The summed E-state index contributed by atoms with van der Waals surface area (Å²) >= 11 is 3.47. The van der Waals surface area contributed by atoms with Gasteiger partial charge in [0.25, 0.3) is 11.5 Å². The summed E-state index contributed by atoms with van der Waals surface area (Å²) in [5.41, 5.74) is 0.960. The molecular formula is C20H21BrN4O3. The molecule has 0 aliphatic carbocycles. The van der Waals surface area contributed by atoms with Crippen LogP contribution in [0.4, 0.5) is 0 Å². The third-order valence-electron chi connectivity index (χ3n) is 4.37. The Morgan fingerprint density at radius 3 is 2.64 bits per heavy atom. The highest BCUT2D eigenvalue weighted by atomic mass is 79.9. The van der Waals surface area contributed by atoms with Crippen LogP contribution < -0.4 is 15.6 Å². The minimum atomic E-state index is -0.332. The van der Waals surface area contributed by atoms with Gasteiger partial charge in [0.1, 0.15) is 5.75 Å². The lowest BCUT2D eigenvalue weighted by atomic mass is 10.1. The van der Waals surface area contributed by atoms with E-state index in [0.29, 0.717) is 17.3 Å². The maximum Gasteiger partial charge on any atom is 0.275 e. The number of amides is 1. The van der Waals surface area contributed by atoms with Gasteiger partial charge in [0.15, 0.2) is 5.69 Å². The molecule has 0 saturated carbocycles. The van der Waals surface area contributed by atoms with Gasteiger partial charge in [0.2, 0.25) is 0 Å². The van der Waals surface area contributed by atoms with E-state index < -0.39 is 0 Å². The van der Waals surface area contributed by atoms with Crippen LogP contribution in [0.3, 0.4) is 0 Å². The molecule has 0 atom stereocenters. The Kier molecular flexibility index (Phi) is 6.11. The first-order chi connectivity index (χ1) is 13.4. The van der Waals surface area contributed by atoms with E-state index in [0.717, 1.165) is 15.8 Å². The molecule has 146 valence electrons. The molecule has 28 heavy (non-hydrogen) atoms. The number of nitrogens with one attached hydrogen (secondary N) is 1. The van der Waals surface area contributed by atoms with Crippen molar-refractivity contribution in [2.75, 3.05) is 21.2 Å². The Hall–Kier alpha value is -2.71. The molecule has 1 amide bonds. The van der Waals surface area contributed by atoms with Crippen molar-refractivity contribution in [1.82, 2.24) is 20.0 Å². The molecule has 0 spiro atoms. The second-order valence-corrected chi connectivity index (χ2v) is 7.31. The molecule has 3 rings (SSSR count). The molecule has 0 saturated heterocycles. The van der Waals surface area contributed by atoms with Crippen molar-refractivity contribution >= 4 is 32.6 Å². The summed E-state index contributed by atoms with van der Waals surface area (Å²) in [6, 6.07) is 12.8. The maximum absolute atomic E-state index is 12.9. The summed E-state index contributed by atoms with van der Waals surface area (Å²) in [6.07, 6.45) is 0. The van der Waals surface area contributed by atoms with Crippen LogP contribution in [-0.2, 0) is 13.2 Å². The summed E-state index contributed by atoms with van der Waals surface area (Å²) in [5, 5.41) is 7.91. The van der Waals surface area contributed by atoms with Crippen LogP contribution in [0.2, 0.25) is 0 Å². The van der Waals surface area contributed by atoms with Gasteiger partial charge in [-0.1, -0.05) is 34.1 Å². The van der Waals surface area contributed by atoms with Crippen LogP contribution in [0.25, 0.3) is 10.8 Å². The van der Waals surface area contributed by atoms with Gasteiger partial charge >= 0.3 is 0 Å². The highest BCUT2D eigenvalue weighted by Gasteiger charge is 2.16. The molecule has 0 bridgehead atoms. The number of nitrogens with zero attached hydrogens (tertiary/aromatic N) is 3. The number of carbonyl (C=O) groups is 1. The fourth-order valence-corrected chi connectivity index (χ4v) is 3.47. The molecule has 2 aromatic carbocycles. The van der Waals surface area contributed by atoms with E-state index >= 15 is 0 Å². The van der Waals surface area contributed by atoms with Crippen molar-refractivity contribution in [2.24, 2.45) is 0 Å². The Balaban J connectivity index is 1.96. The zero-order valence-corrected chi connectivity index (χ0v) is 17.5. The highest BCUT2D eigenvalue weighted by molar-refractivity contribution is 9.10. The van der Waals surface area contributed by atoms with Gasteiger partial charge < -0.3 is 10.1 Å². The standard InChI is InChI=1S/C20H21BrN4O3/c1-22-19(26)18-15-6-4-5-7-16(15)20(27)25(23-18)12-24(2)11-13-10-14(21)8-9-17(13)28-3/h4-10H,11-12H2,1-3H3,(H,22,26). The second kappa shape index (κ2) is 8.53. The number of ether oxygens (including phenoxy) is 1. The van der Waals surface area contributed by atoms with E-state index in [4.69, 9.17) is 4.74 Å². The van der Waals surface area contributed by atoms with Gasteiger partial charge in [-0.15, -0.1) is 0 Å². The number of hydrogen-bond acceptors (Lipinski definition) is 5. The topological polar surface area (TPSA) is 76.5 Å². The van der Waals surface area contributed by atoms with Crippen molar-refractivity contribution in [3.8, 4) is 5.75 Å². The second-order valence-electron chi connectivity index (χ2n) is 6.39. The average molecular weight is 445 g/mol. The van der Waals surface area contributed by atoms with E-state index in [1.165, 1.54) is 4.68 Å². The van der Waals surface area contributed by atoms with E-state index in [1.807, 2.05) is 30.1 Å². The van der Waals surface area contributed by atoms with Crippen molar-refractivity contribution in [2.45, 2.75) is 13.2 Å². The van der Waals surface area contributed by atoms with Gasteiger partial charge in [0, 0.05) is 29.0 Å². The lowest BCUT2D eigenvalue weighted by Gasteiger charge is -2.20. The number of rotatable bonds is 6. The number of methoxy groups -OCH3 is 1. The molecule has 0 radical (unpaired) electrons. The zero-order chi connectivity index (χ0) is 20.3. The summed E-state index contributed by atoms with van der Waals surface area (Å²) in [4.78, 5) is 27.1. The molecule has 0 aliphatic rings. The van der Waals surface area contributed by atoms with Gasteiger partial charge in [-0.25, -0.2) is 4.68 Å². The lowest BCUT2D eigenvalue weighted by molar-refractivity contribution is 0.0956. The average Bonchev–Trinajstić information content (AvgIpc) is 2.69. The van der Waals surface area contributed by atoms with Crippen LogP contribution in [0.1, 0.15) is 16.1 Å². The highest BCUT2D eigenvalue weighted by Crippen LogP contribution is 2.24. The van der Waals surface area contributed by atoms with E-state index in [1.54, 1.807) is 38.4 Å². The molecule has 1 aromatic heterocycles. The number of hydrogen-bond donors (Lipinski definition) is 1. The minimum absolute atomic E-state index is 0.226. The lowest BCUT2D eigenvalue weighted by Crippen LogP contribution is -2.34. The maximum atomic E-state index is 12.9. The van der Waals surface area contributed by atoms with Gasteiger partial charge in [0.05, 0.1) is 19.2 Å². The molecule has 0 fully saturated rings. The van der Waals surface area contributed by atoms with Crippen molar-refractivity contribution < 1.29 is 9.53 Å². The predicted molar refractivity (Wildman–Crippen MR) is 112 cm³/mol. The van der Waals surface area contributed by atoms with Crippen molar-refractivity contribution in [3.63, 3.8) is 0 Å². The van der Waals surface area contributed by atoms with Gasteiger partial charge in [-0.3, -0.25) is 14.5 Å². The first-order valence-corrected chi connectivity index (χ1v) is 9.46. The molecule has 1 heterocycles. The number of fused-ring (bicyclic) bond motifs is 1. The molecule has 1 N–H and O–H groups in total. The SMILES string of the molecule is CNC(=O)c1nn(CN(C)Cc2cc(Br)ccc2OC)c(=O)c2ccccc12. The summed E-state index contributed by atoms with van der Waals surface area (Å²) in [6.45, 7) is 0.766. The van der Waals surface area contributed by atoms with Gasteiger partial charge in [-0.05, 0) is 31.3 Å². The first-order valence-electron chi connectivity index (χ1n) is 8.67. The third-order valence-corrected chi connectivity index (χ3v) is 4.86. The third kappa shape index (κ3) is 4.07. The smallest absolute Gasteiger partial charge is 0.275 e. The zero-order valence-electron chi connectivity index (χ0n) is 15.9. The monoisotopic (exact) mass is 444 g/mol. The Bertz CT molecular complexity index is 1080. The summed E-state index contributed by atoms with van der Waals surface area (Å²) in [7, 11) is 5.04. The largest absolute Gasteiger partial charge is 0.496 e. The quantitative estimate of drug-likeness (QED) is 0.632. The number of aromatic nitrogens is 2. The van der Waals surface area contributed by atoms with Crippen LogP contribution in [0.5, 0.6) is 5.75 Å². The van der Waals surface area contributed by atoms with E-state index in [-0.39, 0.29) is 23.8 Å². The fraction of sp³-hybridized carbons (Fsp3) is 0.250. The van der Waals surface area contributed by atoms with Crippen molar-refractivity contribution in [1.29, 1.82) is 0 Å². The van der Waals surface area contributed by atoms with E-state index in [9.17, 15) is 9.59 Å². The number of benzene rings is 2. The van der Waals surface area contributed by atoms with Crippen LogP contribution in [-0.4, -0.2) is 41.8 Å². The molecule has 3 aromatic rings. The fourth-order valence-electron chi connectivity index (χ4n) is 3.06. The molecular weight excluding hydrogens is 424 g/mol. The molecule has 8 heteroatoms. The normalized spacial score (nSPS) is 11.0.